The number of nitrogens with zero attached hydrogens (tertiary/aromatic N) is 2. The minimum Gasteiger partial charge on any atom is -0.385 e. The maximum absolute atomic E-state index is 5.04. The van der Waals surface area contributed by atoms with Crippen LogP contribution in [0.2, 0.25) is 0 Å². The van der Waals surface area contributed by atoms with Gasteiger partial charge < -0.3 is 15.4 Å². The molecule has 0 aliphatic rings. The van der Waals surface area contributed by atoms with E-state index in [1.165, 1.54) is 11.1 Å². The molecule has 0 fully saturated rings. The molecule has 5 nitrogen and oxygen atoms in total. The number of aromatic nitrogens is 2. The molecule has 0 amide bonds. The molecular formula is C18H26N4O. The van der Waals surface area contributed by atoms with Crippen LogP contribution in [0.3, 0.4) is 0 Å². The number of benzene rings is 1. The molecule has 1 aromatic heterocycles. The van der Waals surface area contributed by atoms with Gasteiger partial charge in [0.15, 0.2) is 0 Å². The van der Waals surface area contributed by atoms with Gasteiger partial charge in [-0.25, -0.2) is 4.98 Å². The summed E-state index contributed by atoms with van der Waals surface area (Å²) in [5.41, 5.74) is 3.63. The molecule has 0 aliphatic carbocycles. The van der Waals surface area contributed by atoms with E-state index < -0.39 is 0 Å². The molecule has 0 saturated carbocycles. The van der Waals surface area contributed by atoms with Crippen molar-refractivity contribution < 1.29 is 4.74 Å². The summed E-state index contributed by atoms with van der Waals surface area (Å²) in [5.74, 6) is 1.88. The zero-order valence-corrected chi connectivity index (χ0v) is 14.4. The average Bonchev–Trinajstić information content (AvgIpc) is 2.54. The van der Waals surface area contributed by atoms with Crippen molar-refractivity contribution in [2.24, 2.45) is 0 Å². The van der Waals surface area contributed by atoms with Crippen molar-refractivity contribution in [2.75, 3.05) is 30.9 Å². The molecule has 2 aromatic rings. The molecule has 2 rings (SSSR count). The van der Waals surface area contributed by atoms with Gasteiger partial charge in [0.05, 0.1) is 0 Å². The Morgan fingerprint density at radius 3 is 2.78 bits per heavy atom. The van der Waals surface area contributed by atoms with E-state index in [9.17, 15) is 0 Å². The molecule has 0 saturated heterocycles. The van der Waals surface area contributed by atoms with Gasteiger partial charge >= 0.3 is 0 Å². The van der Waals surface area contributed by atoms with Gasteiger partial charge in [0.25, 0.3) is 0 Å². The Morgan fingerprint density at radius 1 is 1.22 bits per heavy atom. The smallest absolute Gasteiger partial charge is 0.224 e. The van der Waals surface area contributed by atoms with Crippen LogP contribution in [0.15, 0.2) is 30.5 Å². The number of aryl methyl sites for hydroxylation is 1. The fraction of sp³-hybridized carbons (Fsp3) is 0.444. The average molecular weight is 314 g/mol. The van der Waals surface area contributed by atoms with Gasteiger partial charge in [-0.05, 0) is 36.5 Å². The van der Waals surface area contributed by atoms with Crippen molar-refractivity contribution in [3.8, 4) is 0 Å². The van der Waals surface area contributed by atoms with Gasteiger partial charge in [-0.1, -0.05) is 32.0 Å². The lowest BCUT2D eigenvalue weighted by molar-refractivity contribution is 0.197. The monoisotopic (exact) mass is 314 g/mol. The van der Waals surface area contributed by atoms with Gasteiger partial charge in [-0.2, -0.15) is 4.98 Å². The number of hydrogen-bond acceptors (Lipinski definition) is 5. The molecule has 1 aromatic carbocycles. The Labute approximate surface area is 138 Å². The minimum absolute atomic E-state index is 0.450. The van der Waals surface area contributed by atoms with E-state index in [1.807, 2.05) is 6.07 Å². The van der Waals surface area contributed by atoms with Crippen LogP contribution in [0.4, 0.5) is 17.5 Å². The quantitative estimate of drug-likeness (QED) is 0.718. The van der Waals surface area contributed by atoms with Crippen LogP contribution in [0.25, 0.3) is 0 Å². The van der Waals surface area contributed by atoms with Crippen molar-refractivity contribution >= 4 is 17.5 Å². The third kappa shape index (κ3) is 4.93. The summed E-state index contributed by atoms with van der Waals surface area (Å²) in [5, 5.41) is 6.66. The van der Waals surface area contributed by atoms with Crippen molar-refractivity contribution in [3.05, 3.63) is 41.6 Å². The number of rotatable bonds is 8. The van der Waals surface area contributed by atoms with Gasteiger partial charge in [-0.15, -0.1) is 0 Å². The van der Waals surface area contributed by atoms with E-state index in [4.69, 9.17) is 4.74 Å². The number of anilines is 3. The molecule has 0 bridgehead atoms. The summed E-state index contributed by atoms with van der Waals surface area (Å²) in [6, 6.07) is 8.25. The van der Waals surface area contributed by atoms with E-state index >= 15 is 0 Å². The van der Waals surface area contributed by atoms with Crippen LogP contribution in [0, 0.1) is 6.92 Å². The number of methoxy groups -OCH3 is 1. The number of nitrogens with one attached hydrogen (secondary N) is 2. The third-order valence-electron chi connectivity index (χ3n) is 3.64. The lowest BCUT2D eigenvalue weighted by atomic mass is 9.98. The number of para-hydroxylation sites is 1. The molecule has 0 unspecified atom stereocenters. The van der Waals surface area contributed by atoms with Crippen LogP contribution in [0.1, 0.15) is 37.3 Å². The number of hydrogen-bond donors (Lipinski definition) is 2. The summed E-state index contributed by atoms with van der Waals surface area (Å²) >= 11 is 0. The number of ether oxygens (including phenoxy) is 1. The van der Waals surface area contributed by atoms with Crippen molar-refractivity contribution in [3.63, 3.8) is 0 Å². The SMILES string of the molecule is COCCCNc1nccc(Nc2c(C)cccc2C(C)C)n1. The fourth-order valence-electron chi connectivity index (χ4n) is 2.40. The molecule has 0 spiro atoms. The summed E-state index contributed by atoms with van der Waals surface area (Å²) in [6.45, 7) is 8.02. The predicted molar refractivity (Wildman–Crippen MR) is 95.6 cm³/mol. The van der Waals surface area contributed by atoms with Gasteiger partial charge in [0.2, 0.25) is 5.95 Å². The van der Waals surface area contributed by atoms with Crippen molar-refractivity contribution in [2.45, 2.75) is 33.1 Å². The van der Waals surface area contributed by atoms with E-state index in [2.05, 4.69) is 59.6 Å². The molecule has 23 heavy (non-hydrogen) atoms. The molecule has 5 heteroatoms. The minimum atomic E-state index is 0.450. The topological polar surface area (TPSA) is 59.1 Å². The molecule has 0 aliphatic heterocycles. The highest BCUT2D eigenvalue weighted by Crippen LogP contribution is 2.29. The third-order valence-corrected chi connectivity index (χ3v) is 3.64. The fourth-order valence-corrected chi connectivity index (χ4v) is 2.40. The first kappa shape index (κ1) is 17.2. The first-order valence-corrected chi connectivity index (χ1v) is 8.04. The zero-order valence-electron chi connectivity index (χ0n) is 14.4. The standard InChI is InChI=1S/C18H26N4O/c1-13(2)15-8-5-7-14(3)17(15)21-16-9-11-20-18(22-16)19-10-6-12-23-4/h5,7-9,11,13H,6,10,12H2,1-4H3,(H2,19,20,21,22). The Morgan fingerprint density at radius 2 is 2.04 bits per heavy atom. The maximum Gasteiger partial charge on any atom is 0.224 e. The second-order valence-corrected chi connectivity index (χ2v) is 5.86. The van der Waals surface area contributed by atoms with Crippen LogP contribution in [-0.2, 0) is 4.74 Å². The summed E-state index contributed by atoms with van der Waals surface area (Å²) in [6.07, 6.45) is 2.69. The summed E-state index contributed by atoms with van der Waals surface area (Å²) in [7, 11) is 1.70. The Bertz CT molecular complexity index is 628. The second kappa shape index (κ2) is 8.48. The van der Waals surface area contributed by atoms with Crippen LogP contribution < -0.4 is 10.6 Å². The van der Waals surface area contributed by atoms with Crippen molar-refractivity contribution in [1.29, 1.82) is 0 Å². The highest BCUT2D eigenvalue weighted by molar-refractivity contribution is 5.65. The Balaban J connectivity index is 2.12. The molecule has 0 radical (unpaired) electrons. The lowest BCUT2D eigenvalue weighted by Crippen LogP contribution is -2.09. The molecule has 1 heterocycles. The highest BCUT2D eigenvalue weighted by Gasteiger charge is 2.10. The second-order valence-electron chi connectivity index (χ2n) is 5.86. The summed E-state index contributed by atoms with van der Waals surface area (Å²) in [4.78, 5) is 8.79. The molecular weight excluding hydrogens is 288 g/mol. The van der Waals surface area contributed by atoms with E-state index in [0.29, 0.717) is 11.9 Å². The Kier molecular flexibility index (Phi) is 6.35. The first-order valence-electron chi connectivity index (χ1n) is 8.04. The van der Waals surface area contributed by atoms with Crippen LogP contribution >= 0.6 is 0 Å². The summed E-state index contributed by atoms with van der Waals surface area (Å²) < 4.78 is 5.04. The van der Waals surface area contributed by atoms with Crippen molar-refractivity contribution in [1.82, 2.24) is 9.97 Å². The normalized spacial score (nSPS) is 10.8. The Hall–Kier alpha value is -2.14. The van der Waals surface area contributed by atoms with E-state index in [0.717, 1.165) is 31.1 Å². The lowest BCUT2D eigenvalue weighted by Gasteiger charge is -2.17. The predicted octanol–water partition coefficient (Wildman–Crippen LogP) is 4.10. The van der Waals surface area contributed by atoms with Gasteiger partial charge in [0.1, 0.15) is 5.82 Å². The van der Waals surface area contributed by atoms with E-state index in [-0.39, 0.29) is 0 Å². The molecule has 0 atom stereocenters. The van der Waals surface area contributed by atoms with E-state index in [1.54, 1.807) is 13.3 Å². The van der Waals surface area contributed by atoms with Crippen LogP contribution in [-0.4, -0.2) is 30.2 Å². The van der Waals surface area contributed by atoms with Gasteiger partial charge in [-0.3, -0.25) is 0 Å². The largest absolute Gasteiger partial charge is 0.385 e. The molecule has 2 N–H and O–H groups in total. The zero-order chi connectivity index (χ0) is 16.7. The highest BCUT2D eigenvalue weighted by atomic mass is 16.5. The maximum atomic E-state index is 5.04. The first-order chi connectivity index (χ1) is 11.1. The molecule has 124 valence electrons. The van der Waals surface area contributed by atoms with Gasteiger partial charge in [0, 0.05) is 32.1 Å². The van der Waals surface area contributed by atoms with Crippen LogP contribution in [0.5, 0.6) is 0 Å².